The second-order valence-electron chi connectivity index (χ2n) is 4.36. The second-order valence-corrected chi connectivity index (χ2v) is 8.83. The molecular weight excluding hydrogens is 316 g/mol. The van der Waals surface area contributed by atoms with Crippen molar-refractivity contribution in [3.8, 4) is 0 Å². The quantitative estimate of drug-likeness (QED) is 0.842. The average molecular weight is 335 g/mol. The highest BCUT2D eigenvalue weighted by molar-refractivity contribution is 9.11. The average Bonchev–Trinajstić information content (AvgIpc) is 2.37. The van der Waals surface area contributed by atoms with E-state index in [1.54, 1.807) is 26.0 Å². The maximum absolute atomic E-state index is 12.1. The molecule has 0 saturated carbocycles. The van der Waals surface area contributed by atoms with E-state index in [-0.39, 0.29) is 5.75 Å². The van der Waals surface area contributed by atoms with Crippen LogP contribution in [0.4, 0.5) is 0 Å². The first-order valence-corrected chi connectivity index (χ1v) is 8.39. The molecule has 0 aromatic heterocycles. The van der Waals surface area contributed by atoms with E-state index in [1.165, 1.54) is 0 Å². The van der Waals surface area contributed by atoms with Crippen molar-refractivity contribution in [3.63, 3.8) is 0 Å². The van der Waals surface area contributed by atoms with Gasteiger partial charge in [0.25, 0.3) is 0 Å². The molecule has 0 aliphatic carbocycles. The lowest BCUT2D eigenvalue weighted by molar-refractivity contribution is 0.160. The summed E-state index contributed by atoms with van der Waals surface area (Å²) in [6, 6.07) is 7.24. The summed E-state index contributed by atoms with van der Waals surface area (Å²) < 4.78 is 22.9. The highest BCUT2D eigenvalue weighted by atomic mass is 79.9. The lowest BCUT2D eigenvalue weighted by Gasteiger charge is -2.31. The van der Waals surface area contributed by atoms with Gasteiger partial charge in [0.15, 0.2) is 13.5 Å². The zero-order chi connectivity index (χ0) is 14.0. The molecule has 1 rings (SSSR count). The van der Waals surface area contributed by atoms with Crippen LogP contribution in [0.15, 0.2) is 24.3 Å². The van der Waals surface area contributed by atoms with Gasteiger partial charge in [0.2, 0.25) is 0 Å². The molecule has 0 aliphatic rings. The molecule has 0 amide bonds. The number of sulfone groups is 1. The minimum Gasteiger partial charge on any atom is -0.386 e. The van der Waals surface area contributed by atoms with Gasteiger partial charge in [-0.1, -0.05) is 59.6 Å². The molecular formula is C13H19BrO3S. The third-order valence-electron chi connectivity index (χ3n) is 3.18. The van der Waals surface area contributed by atoms with Crippen LogP contribution in [-0.4, -0.2) is 22.9 Å². The Kier molecular flexibility index (Phi) is 4.98. The topological polar surface area (TPSA) is 54.4 Å². The summed E-state index contributed by atoms with van der Waals surface area (Å²) in [5, 5.41) is 10.4. The Morgan fingerprint density at radius 3 is 2.17 bits per heavy atom. The largest absolute Gasteiger partial charge is 0.386 e. The first-order valence-electron chi connectivity index (χ1n) is 5.94. The maximum atomic E-state index is 12.1. The predicted octanol–water partition coefficient (Wildman–Crippen LogP) is 2.96. The minimum atomic E-state index is -3.40. The Hall–Kier alpha value is -0.390. The molecule has 0 unspecified atom stereocenters. The molecule has 0 aliphatic heterocycles. The Balaban J connectivity index is 3.21. The smallest absolute Gasteiger partial charge is 0.168 e. The van der Waals surface area contributed by atoms with Crippen molar-refractivity contribution in [2.24, 2.45) is 0 Å². The molecule has 0 heterocycles. The van der Waals surface area contributed by atoms with E-state index >= 15 is 0 Å². The lowest BCUT2D eigenvalue weighted by Crippen LogP contribution is -2.39. The van der Waals surface area contributed by atoms with E-state index in [4.69, 9.17) is 0 Å². The molecule has 0 bridgehead atoms. The van der Waals surface area contributed by atoms with Crippen LogP contribution in [0.3, 0.4) is 0 Å². The van der Waals surface area contributed by atoms with Crippen LogP contribution in [0.25, 0.3) is 0 Å². The van der Waals surface area contributed by atoms with Crippen molar-refractivity contribution in [3.05, 3.63) is 35.4 Å². The van der Waals surface area contributed by atoms with E-state index in [0.717, 1.165) is 5.56 Å². The number of aliphatic hydroxyl groups is 1. The van der Waals surface area contributed by atoms with Crippen LogP contribution < -0.4 is 0 Å². The van der Waals surface area contributed by atoms with Gasteiger partial charge in [-0.3, -0.25) is 0 Å². The minimum absolute atomic E-state index is 0.00495. The van der Waals surface area contributed by atoms with Crippen LogP contribution >= 0.6 is 15.9 Å². The van der Waals surface area contributed by atoms with Crippen molar-refractivity contribution in [1.29, 1.82) is 0 Å². The Labute approximate surface area is 117 Å². The van der Waals surface area contributed by atoms with E-state index in [0.29, 0.717) is 12.0 Å². The number of halogens is 1. The number of aliphatic hydroxyl groups excluding tert-OH is 1. The molecule has 18 heavy (non-hydrogen) atoms. The van der Waals surface area contributed by atoms with Gasteiger partial charge in [-0.15, -0.1) is 0 Å². The monoisotopic (exact) mass is 334 g/mol. The van der Waals surface area contributed by atoms with Gasteiger partial charge in [0, 0.05) is 5.75 Å². The highest BCUT2D eigenvalue weighted by Crippen LogP contribution is 2.41. The summed E-state index contributed by atoms with van der Waals surface area (Å²) in [5.41, 5.74) is 1.68. The molecule has 2 atom stereocenters. The number of hydrogen-bond acceptors (Lipinski definition) is 3. The molecule has 0 radical (unpaired) electrons. The highest BCUT2D eigenvalue weighted by Gasteiger charge is 2.45. The van der Waals surface area contributed by atoms with Gasteiger partial charge in [-0.25, -0.2) is 8.42 Å². The van der Waals surface area contributed by atoms with Crippen LogP contribution in [0.1, 0.15) is 37.5 Å². The Bertz CT molecular complexity index is 495. The zero-order valence-electron chi connectivity index (χ0n) is 10.9. The van der Waals surface area contributed by atoms with Gasteiger partial charge in [0.1, 0.15) is 6.10 Å². The van der Waals surface area contributed by atoms with Crippen molar-refractivity contribution >= 4 is 25.8 Å². The number of alkyl halides is 1. The second kappa shape index (κ2) is 5.72. The van der Waals surface area contributed by atoms with E-state index in [1.807, 2.05) is 19.1 Å². The fourth-order valence-corrected chi connectivity index (χ4v) is 4.17. The number of benzene rings is 1. The van der Waals surface area contributed by atoms with Gasteiger partial charge in [-0.2, -0.15) is 0 Å². The summed E-state index contributed by atoms with van der Waals surface area (Å²) >= 11 is 3.25. The molecule has 0 saturated heterocycles. The van der Waals surface area contributed by atoms with Crippen LogP contribution in [0, 0.1) is 6.92 Å². The van der Waals surface area contributed by atoms with Crippen LogP contribution in [-0.2, 0) is 9.84 Å². The number of hydrogen-bond donors (Lipinski definition) is 1. The van der Waals surface area contributed by atoms with E-state index in [2.05, 4.69) is 15.9 Å². The van der Waals surface area contributed by atoms with Gasteiger partial charge in [-0.05, 0) is 18.9 Å². The third kappa shape index (κ3) is 2.78. The first kappa shape index (κ1) is 15.7. The molecule has 1 aromatic rings. The van der Waals surface area contributed by atoms with Crippen LogP contribution in [0.2, 0.25) is 0 Å². The van der Waals surface area contributed by atoms with Gasteiger partial charge in [0.05, 0.1) is 0 Å². The fraction of sp³-hybridized carbons (Fsp3) is 0.538. The normalized spacial score (nSPS) is 17.2. The summed E-state index contributed by atoms with van der Waals surface area (Å²) in [6.07, 6.45) is -0.772. The summed E-state index contributed by atoms with van der Waals surface area (Å²) in [5.74, 6) is -0.00495. The summed E-state index contributed by atoms with van der Waals surface area (Å²) in [4.78, 5) is 0. The molecule has 5 heteroatoms. The standard InChI is InChI=1S/C13H19BrO3S/c1-4-13(14,18(16,17)5-2)12(15)11-8-6-10(3)7-9-11/h6-9,12,15H,4-5H2,1-3H3/t12-,13+/m1/s1. The van der Waals surface area contributed by atoms with Crippen molar-refractivity contribution in [2.75, 3.05) is 5.75 Å². The lowest BCUT2D eigenvalue weighted by atomic mass is 10.0. The zero-order valence-corrected chi connectivity index (χ0v) is 13.3. The Morgan fingerprint density at radius 1 is 1.28 bits per heavy atom. The molecule has 102 valence electrons. The van der Waals surface area contributed by atoms with Crippen molar-refractivity contribution in [1.82, 2.24) is 0 Å². The molecule has 0 fully saturated rings. The molecule has 1 N–H and O–H groups in total. The maximum Gasteiger partial charge on any atom is 0.168 e. The summed E-state index contributed by atoms with van der Waals surface area (Å²) in [7, 11) is -3.40. The molecule has 3 nitrogen and oxygen atoms in total. The van der Waals surface area contributed by atoms with Crippen molar-refractivity contribution in [2.45, 2.75) is 37.0 Å². The van der Waals surface area contributed by atoms with Gasteiger partial charge >= 0.3 is 0 Å². The predicted molar refractivity (Wildman–Crippen MR) is 77.5 cm³/mol. The summed E-state index contributed by atoms with van der Waals surface area (Å²) in [6.45, 7) is 5.28. The van der Waals surface area contributed by atoms with Crippen LogP contribution in [0.5, 0.6) is 0 Å². The first-order chi connectivity index (χ1) is 8.28. The Morgan fingerprint density at radius 2 is 1.78 bits per heavy atom. The molecule has 0 spiro atoms. The van der Waals surface area contributed by atoms with E-state index in [9.17, 15) is 13.5 Å². The van der Waals surface area contributed by atoms with E-state index < -0.39 is 19.6 Å². The fourth-order valence-electron chi connectivity index (χ4n) is 1.82. The van der Waals surface area contributed by atoms with Crippen molar-refractivity contribution < 1.29 is 13.5 Å². The number of rotatable bonds is 5. The number of aryl methyl sites for hydroxylation is 1. The SMILES string of the molecule is CC[C@@](Br)([C@H](O)c1ccc(C)cc1)S(=O)(=O)CC. The van der Waals surface area contributed by atoms with Gasteiger partial charge < -0.3 is 5.11 Å². The third-order valence-corrected chi connectivity index (χ3v) is 7.96. The molecule has 1 aromatic carbocycles.